The minimum absolute atomic E-state index is 0.0128. The summed E-state index contributed by atoms with van der Waals surface area (Å²) in [5, 5.41) is 3.64. The van der Waals surface area contributed by atoms with Gasteiger partial charge in [-0.05, 0) is 19.4 Å². The molecule has 0 saturated carbocycles. The molecule has 1 saturated heterocycles. The topological polar surface area (TPSA) is 41.3 Å². The molecular formula is C16H21N3O. The molecule has 106 valence electrons. The first kappa shape index (κ1) is 13.3. The van der Waals surface area contributed by atoms with E-state index < -0.39 is 0 Å². The van der Waals surface area contributed by atoms with E-state index in [1.807, 2.05) is 6.92 Å². The summed E-state index contributed by atoms with van der Waals surface area (Å²) in [7, 11) is 0. The standard InChI is InChI=1S/C16H21N3O/c1-13-10-17-15(20-13)11-19-9-8-18-16(2,12-19)14-6-4-3-5-7-14/h3-7,10,18H,8-9,11-12H2,1-2H3. The van der Waals surface area contributed by atoms with Crippen LogP contribution in [0.3, 0.4) is 0 Å². The van der Waals surface area contributed by atoms with Gasteiger partial charge in [0.15, 0.2) is 0 Å². The van der Waals surface area contributed by atoms with Gasteiger partial charge in [-0.3, -0.25) is 4.90 Å². The summed E-state index contributed by atoms with van der Waals surface area (Å²) in [5.41, 5.74) is 1.31. The van der Waals surface area contributed by atoms with Gasteiger partial charge in [0.25, 0.3) is 0 Å². The number of aryl methyl sites for hydroxylation is 1. The van der Waals surface area contributed by atoms with Crippen LogP contribution >= 0.6 is 0 Å². The summed E-state index contributed by atoms with van der Waals surface area (Å²) < 4.78 is 5.59. The fourth-order valence-electron chi connectivity index (χ4n) is 2.87. The monoisotopic (exact) mass is 271 g/mol. The van der Waals surface area contributed by atoms with Crippen molar-refractivity contribution in [2.75, 3.05) is 19.6 Å². The maximum atomic E-state index is 5.59. The molecule has 1 aromatic carbocycles. The second-order valence-electron chi connectivity index (χ2n) is 5.70. The van der Waals surface area contributed by atoms with E-state index in [1.54, 1.807) is 6.20 Å². The Kier molecular flexibility index (Phi) is 3.59. The van der Waals surface area contributed by atoms with Crippen molar-refractivity contribution in [1.82, 2.24) is 15.2 Å². The van der Waals surface area contributed by atoms with Crippen molar-refractivity contribution in [2.24, 2.45) is 0 Å². The van der Waals surface area contributed by atoms with Crippen LogP contribution in [0, 0.1) is 6.92 Å². The van der Waals surface area contributed by atoms with Gasteiger partial charge in [0.2, 0.25) is 5.89 Å². The van der Waals surface area contributed by atoms with Gasteiger partial charge < -0.3 is 9.73 Å². The number of benzene rings is 1. The third kappa shape index (κ3) is 2.76. The molecule has 0 radical (unpaired) electrons. The van der Waals surface area contributed by atoms with Crippen LogP contribution in [0.5, 0.6) is 0 Å². The minimum atomic E-state index is -0.0128. The van der Waals surface area contributed by atoms with E-state index in [1.165, 1.54) is 5.56 Å². The molecule has 1 aromatic heterocycles. The smallest absolute Gasteiger partial charge is 0.208 e. The summed E-state index contributed by atoms with van der Waals surface area (Å²) in [4.78, 5) is 6.70. The van der Waals surface area contributed by atoms with E-state index in [2.05, 4.69) is 52.5 Å². The molecule has 1 aliphatic rings. The highest BCUT2D eigenvalue weighted by Crippen LogP contribution is 2.25. The molecule has 1 aliphatic heterocycles. The van der Waals surface area contributed by atoms with Crippen LogP contribution in [-0.2, 0) is 12.1 Å². The number of nitrogens with one attached hydrogen (secondary N) is 1. The highest BCUT2D eigenvalue weighted by Gasteiger charge is 2.32. The number of rotatable bonds is 3. The van der Waals surface area contributed by atoms with Crippen molar-refractivity contribution in [3.63, 3.8) is 0 Å². The number of piperazine rings is 1. The molecular weight excluding hydrogens is 250 g/mol. The van der Waals surface area contributed by atoms with Gasteiger partial charge in [0.05, 0.1) is 18.3 Å². The van der Waals surface area contributed by atoms with Gasteiger partial charge in [-0.15, -0.1) is 0 Å². The predicted molar refractivity (Wildman–Crippen MR) is 78.3 cm³/mol. The number of hydrogen-bond acceptors (Lipinski definition) is 4. The molecule has 4 nitrogen and oxygen atoms in total. The lowest BCUT2D eigenvalue weighted by atomic mass is 9.89. The first-order valence-corrected chi connectivity index (χ1v) is 7.10. The van der Waals surface area contributed by atoms with Crippen molar-refractivity contribution in [2.45, 2.75) is 25.9 Å². The highest BCUT2D eigenvalue weighted by molar-refractivity contribution is 5.24. The second kappa shape index (κ2) is 5.38. The lowest BCUT2D eigenvalue weighted by Gasteiger charge is -2.41. The Morgan fingerprint density at radius 3 is 2.85 bits per heavy atom. The van der Waals surface area contributed by atoms with Gasteiger partial charge >= 0.3 is 0 Å². The van der Waals surface area contributed by atoms with Crippen molar-refractivity contribution in [3.8, 4) is 0 Å². The van der Waals surface area contributed by atoms with E-state index in [0.717, 1.165) is 37.8 Å². The van der Waals surface area contributed by atoms with Gasteiger partial charge in [0.1, 0.15) is 5.76 Å². The Balaban J connectivity index is 1.73. The minimum Gasteiger partial charge on any atom is -0.445 e. The molecule has 0 bridgehead atoms. The molecule has 1 fully saturated rings. The first-order valence-electron chi connectivity index (χ1n) is 7.10. The van der Waals surface area contributed by atoms with E-state index in [-0.39, 0.29) is 5.54 Å². The largest absolute Gasteiger partial charge is 0.445 e. The zero-order valence-corrected chi connectivity index (χ0v) is 12.1. The van der Waals surface area contributed by atoms with E-state index in [0.29, 0.717) is 0 Å². The quantitative estimate of drug-likeness (QED) is 0.930. The maximum Gasteiger partial charge on any atom is 0.208 e. The average molecular weight is 271 g/mol. The fourth-order valence-corrected chi connectivity index (χ4v) is 2.87. The van der Waals surface area contributed by atoms with Crippen LogP contribution in [0.15, 0.2) is 40.9 Å². The summed E-state index contributed by atoms with van der Waals surface area (Å²) in [6, 6.07) is 10.6. The number of nitrogens with zero attached hydrogens (tertiary/aromatic N) is 2. The predicted octanol–water partition coefficient (Wildman–Crippen LogP) is 2.30. The summed E-state index contributed by atoms with van der Waals surface area (Å²) in [6.07, 6.45) is 1.79. The molecule has 2 heterocycles. The van der Waals surface area contributed by atoms with E-state index in [9.17, 15) is 0 Å². The van der Waals surface area contributed by atoms with E-state index in [4.69, 9.17) is 4.42 Å². The van der Waals surface area contributed by atoms with Crippen LogP contribution in [-0.4, -0.2) is 29.5 Å². The van der Waals surface area contributed by atoms with Crippen LogP contribution in [0.1, 0.15) is 24.1 Å². The molecule has 20 heavy (non-hydrogen) atoms. The first-order chi connectivity index (χ1) is 9.66. The molecule has 1 atom stereocenters. The molecule has 2 aromatic rings. The van der Waals surface area contributed by atoms with Crippen molar-refractivity contribution in [3.05, 3.63) is 53.7 Å². The molecule has 4 heteroatoms. The second-order valence-corrected chi connectivity index (χ2v) is 5.70. The van der Waals surface area contributed by atoms with Crippen LogP contribution in [0.2, 0.25) is 0 Å². The van der Waals surface area contributed by atoms with Crippen molar-refractivity contribution >= 4 is 0 Å². The Hall–Kier alpha value is -1.65. The van der Waals surface area contributed by atoms with Crippen molar-refractivity contribution in [1.29, 1.82) is 0 Å². The molecule has 0 amide bonds. The molecule has 3 rings (SSSR count). The number of oxazole rings is 1. The summed E-state index contributed by atoms with van der Waals surface area (Å²) >= 11 is 0. The SMILES string of the molecule is Cc1cnc(CN2CCNC(C)(c3ccccc3)C2)o1. The lowest BCUT2D eigenvalue weighted by Crippen LogP contribution is -2.56. The van der Waals surface area contributed by atoms with Gasteiger partial charge in [0, 0.05) is 19.6 Å². The van der Waals surface area contributed by atoms with Gasteiger partial charge in [-0.2, -0.15) is 0 Å². The zero-order chi connectivity index (χ0) is 14.0. The summed E-state index contributed by atoms with van der Waals surface area (Å²) in [6.45, 7) is 7.92. The summed E-state index contributed by atoms with van der Waals surface area (Å²) in [5.74, 6) is 1.68. The van der Waals surface area contributed by atoms with Gasteiger partial charge in [-0.25, -0.2) is 4.98 Å². The lowest BCUT2D eigenvalue weighted by molar-refractivity contribution is 0.126. The van der Waals surface area contributed by atoms with Crippen molar-refractivity contribution < 1.29 is 4.42 Å². The van der Waals surface area contributed by atoms with Crippen LogP contribution < -0.4 is 5.32 Å². The molecule has 0 aliphatic carbocycles. The molecule has 1 unspecified atom stereocenters. The number of hydrogen-bond donors (Lipinski definition) is 1. The third-order valence-electron chi connectivity index (χ3n) is 3.92. The van der Waals surface area contributed by atoms with Crippen LogP contribution in [0.25, 0.3) is 0 Å². The normalized spacial score (nSPS) is 23.9. The Morgan fingerprint density at radius 1 is 1.35 bits per heavy atom. The average Bonchev–Trinajstić information content (AvgIpc) is 2.85. The Bertz CT molecular complexity index is 566. The van der Waals surface area contributed by atoms with Crippen LogP contribution in [0.4, 0.5) is 0 Å². The Morgan fingerprint density at radius 2 is 2.15 bits per heavy atom. The van der Waals surface area contributed by atoms with Gasteiger partial charge in [-0.1, -0.05) is 30.3 Å². The highest BCUT2D eigenvalue weighted by atomic mass is 16.4. The third-order valence-corrected chi connectivity index (χ3v) is 3.92. The molecule has 1 N–H and O–H groups in total. The number of aromatic nitrogens is 1. The zero-order valence-electron chi connectivity index (χ0n) is 12.1. The fraction of sp³-hybridized carbons (Fsp3) is 0.438. The molecule has 0 spiro atoms. The maximum absolute atomic E-state index is 5.59. The van der Waals surface area contributed by atoms with E-state index >= 15 is 0 Å². The Labute approximate surface area is 119 Å².